The highest BCUT2D eigenvalue weighted by molar-refractivity contribution is 5.80. The van der Waals surface area contributed by atoms with Gasteiger partial charge in [-0.1, -0.05) is 54.6 Å². The lowest BCUT2D eigenvalue weighted by Crippen LogP contribution is -2.22. The molecule has 0 amide bonds. The topological polar surface area (TPSA) is 44.8 Å². The van der Waals surface area contributed by atoms with Crippen molar-refractivity contribution in [3.05, 3.63) is 84.4 Å². The number of methoxy groups -OCH3 is 1. The van der Waals surface area contributed by atoms with Gasteiger partial charge in [-0.15, -0.1) is 0 Å². The predicted molar refractivity (Wildman–Crippen MR) is 119 cm³/mol. The summed E-state index contributed by atoms with van der Waals surface area (Å²) in [6.07, 6.45) is 0.908. The third-order valence-corrected chi connectivity index (χ3v) is 4.85. The summed E-state index contributed by atoms with van der Waals surface area (Å²) < 4.78 is 16.9. The van der Waals surface area contributed by atoms with Gasteiger partial charge in [-0.05, 0) is 47.9 Å². The molecule has 156 valence electrons. The molecule has 1 atom stereocenters. The van der Waals surface area contributed by atoms with Crippen molar-refractivity contribution in [2.45, 2.75) is 25.9 Å². The minimum atomic E-state index is -0.415. The summed E-state index contributed by atoms with van der Waals surface area (Å²) in [7, 11) is 1.56. The molecule has 0 aliphatic rings. The van der Waals surface area contributed by atoms with Gasteiger partial charge in [-0.2, -0.15) is 0 Å². The summed E-state index contributed by atoms with van der Waals surface area (Å²) in [5, 5.41) is 0. The second-order valence-electron chi connectivity index (χ2n) is 7.13. The SMILES string of the molecule is COC(Cc1cccc(OCCCOc2ccc(-c3ccccc3)cc2)c1)C(C)=O. The molecule has 3 aromatic carbocycles. The first kappa shape index (κ1) is 21.6. The van der Waals surface area contributed by atoms with E-state index in [4.69, 9.17) is 14.2 Å². The highest BCUT2D eigenvalue weighted by Crippen LogP contribution is 2.22. The minimum absolute atomic E-state index is 0.0257. The third-order valence-electron chi connectivity index (χ3n) is 4.85. The van der Waals surface area contributed by atoms with Crippen LogP contribution in [0.4, 0.5) is 0 Å². The van der Waals surface area contributed by atoms with Gasteiger partial charge in [0.1, 0.15) is 17.6 Å². The summed E-state index contributed by atoms with van der Waals surface area (Å²) in [5.74, 6) is 1.67. The van der Waals surface area contributed by atoms with Crippen molar-refractivity contribution in [3.8, 4) is 22.6 Å². The molecule has 4 nitrogen and oxygen atoms in total. The van der Waals surface area contributed by atoms with Crippen LogP contribution in [0.1, 0.15) is 18.9 Å². The van der Waals surface area contributed by atoms with E-state index >= 15 is 0 Å². The first-order chi connectivity index (χ1) is 14.7. The Bertz CT molecular complexity index is 919. The summed E-state index contributed by atoms with van der Waals surface area (Å²) in [4.78, 5) is 11.5. The van der Waals surface area contributed by atoms with E-state index in [2.05, 4.69) is 24.3 Å². The fraction of sp³-hybridized carbons (Fsp3) is 0.269. The Kier molecular flexibility index (Phi) is 8.04. The Labute approximate surface area is 178 Å². The van der Waals surface area contributed by atoms with Gasteiger partial charge in [0, 0.05) is 20.0 Å². The van der Waals surface area contributed by atoms with Crippen molar-refractivity contribution < 1.29 is 19.0 Å². The largest absolute Gasteiger partial charge is 0.493 e. The highest BCUT2D eigenvalue weighted by Gasteiger charge is 2.13. The number of ketones is 1. The van der Waals surface area contributed by atoms with Gasteiger partial charge in [0.05, 0.1) is 13.2 Å². The van der Waals surface area contributed by atoms with Crippen molar-refractivity contribution in [2.75, 3.05) is 20.3 Å². The molecule has 3 rings (SSSR count). The average Bonchev–Trinajstić information content (AvgIpc) is 2.78. The number of Topliss-reactive ketones (excluding diaryl/α,β-unsaturated/α-hetero) is 1. The summed E-state index contributed by atoms with van der Waals surface area (Å²) in [5.41, 5.74) is 3.38. The molecule has 0 saturated heterocycles. The van der Waals surface area contributed by atoms with Crippen LogP contribution in [-0.4, -0.2) is 32.2 Å². The average molecular weight is 405 g/mol. The number of carbonyl (C=O) groups is 1. The Balaban J connectivity index is 1.41. The lowest BCUT2D eigenvalue weighted by molar-refractivity contribution is -0.126. The van der Waals surface area contributed by atoms with Crippen molar-refractivity contribution in [2.24, 2.45) is 0 Å². The van der Waals surface area contributed by atoms with E-state index in [1.165, 1.54) is 11.1 Å². The molecule has 0 saturated carbocycles. The van der Waals surface area contributed by atoms with E-state index in [0.29, 0.717) is 19.6 Å². The number of hydrogen-bond acceptors (Lipinski definition) is 4. The summed E-state index contributed by atoms with van der Waals surface area (Å²) >= 11 is 0. The Morgan fingerprint density at radius 1 is 0.800 bits per heavy atom. The van der Waals surface area contributed by atoms with Gasteiger partial charge in [-0.3, -0.25) is 4.79 Å². The highest BCUT2D eigenvalue weighted by atomic mass is 16.5. The van der Waals surface area contributed by atoms with Crippen molar-refractivity contribution in [1.29, 1.82) is 0 Å². The summed E-state index contributed by atoms with van der Waals surface area (Å²) in [6, 6.07) is 26.2. The van der Waals surface area contributed by atoms with Crippen molar-refractivity contribution in [3.63, 3.8) is 0 Å². The molecule has 4 heteroatoms. The third kappa shape index (κ3) is 6.46. The maximum absolute atomic E-state index is 11.5. The molecule has 0 aliphatic carbocycles. The van der Waals surface area contributed by atoms with Gasteiger partial charge in [0.25, 0.3) is 0 Å². The fourth-order valence-electron chi connectivity index (χ4n) is 3.18. The second-order valence-corrected chi connectivity index (χ2v) is 7.13. The lowest BCUT2D eigenvalue weighted by atomic mass is 10.1. The molecule has 0 fully saturated rings. The Morgan fingerprint density at radius 3 is 2.13 bits per heavy atom. The van der Waals surface area contributed by atoms with Crippen LogP contribution >= 0.6 is 0 Å². The predicted octanol–water partition coefficient (Wildman–Crippen LogP) is 5.35. The molecule has 0 radical (unpaired) electrons. The zero-order valence-corrected chi connectivity index (χ0v) is 17.5. The molecular weight excluding hydrogens is 376 g/mol. The van der Waals surface area contributed by atoms with E-state index < -0.39 is 6.10 Å². The molecule has 0 aliphatic heterocycles. The van der Waals surface area contributed by atoms with Crippen LogP contribution in [-0.2, 0) is 16.0 Å². The number of hydrogen-bond donors (Lipinski definition) is 0. The van der Waals surface area contributed by atoms with Crippen LogP contribution in [0.3, 0.4) is 0 Å². The normalized spacial score (nSPS) is 11.7. The summed E-state index contributed by atoms with van der Waals surface area (Å²) in [6.45, 7) is 2.69. The fourth-order valence-corrected chi connectivity index (χ4v) is 3.18. The monoisotopic (exact) mass is 404 g/mol. The standard InChI is InChI=1S/C26H28O4/c1-20(27)26(28-2)19-21-8-6-11-25(18-21)30-17-7-16-29-24-14-12-23(13-15-24)22-9-4-3-5-10-22/h3-6,8-15,18,26H,7,16-17,19H2,1-2H3. The number of rotatable bonds is 11. The van der Waals surface area contributed by atoms with E-state index in [-0.39, 0.29) is 5.78 Å². The van der Waals surface area contributed by atoms with Gasteiger partial charge in [0.15, 0.2) is 5.78 Å². The van der Waals surface area contributed by atoms with E-state index in [1.54, 1.807) is 14.0 Å². The lowest BCUT2D eigenvalue weighted by Gasteiger charge is -2.13. The van der Waals surface area contributed by atoms with Crippen LogP contribution in [0.15, 0.2) is 78.9 Å². The number of benzene rings is 3. The van der Waals surface area contributed by atoms with Crippen molar-refractivity contribution in [1.82, 2.24) is 0 Å². The molecule has 0 N–H and O–H groups in total. The van der Waals surface area contributed by atoms with Crippen molar-refractivity contribution >= 4 is 5.78 Å². The molecule has 0 spiro atoms. The van der Waals surface area contributed by atoms with Crippen LogP contribution in [0.2, 0.25) is 0 Å². The first-order valence-corrected chi connectivity index (χ1v) is 10.2. The van der Waals surface area contributed by atoms with E-state index in [9.17, 15) is 4.79 Å². The van der Waals surface area contributed by atoms with Crippen LogP contribution in [0.5, 0.6) is 11.5 Å². The molecule has 3 aromatic rings. The zero-order valence-electron chi connectivity index (χ0n) is 17.5. The van der Waals surface area contributed by atoms with Gasteiger partial charge >= 0.3 is 0 Å². The quantitative estimate of drug-likeness (QED) is 0.404. The van der Waals surface area contributed by atoms with Crippen LogP contribution in [0, 0.1) is 0 Å². The van der Waals surface area contributed by atoms with Gasteiger partial charge < -0.3 is 14.2 Å². The number of ether oxygens (including phenoxy) is 3. The molecule has 1 unspecified atom stereocenters. The van der Waals surface area contributed by atoms with Crippen LogP contribution < -0.4 is 9.47 Å². The Morgan fingerprint density at radius 2 is 1.47 bits per heavy atom. The molecule has 0 bridgehead atoms. The smallest absolute Gasteiger partial charge is 0.158 e. The van der Waals surface area contributed by atoms with E-state index in [0.717, 1.165) is 23.5 Å². The maximum atomic E-state index is 11.5. The van der Waals surface area contributed by atoms with Gasteiger partial charge in [0.2, 0.25) is 0 Å². The molecule has 30 heavy (non-hydrogen) atoms. The second kappa shape index (κ2) is 11.2. The zero-order chi connectivity index (χ0) is 21.2. The van der Waals surface area contributed by atoms with E-state index in [1.807, 2.05) is 54.6 Å². The van der Waals surface area contributed by atoms with Gasteiger partial charge in [-0.25, -0.2) is 0 Å². The molecular formula is C26H28O4. The minimum Gasteiger partial charge on any atom is -0.493 e. The number of carbonyl (C=O) groups excluding carboxylic acids is 1. The maximum Gasteiger partial charge on any atom is 0.158 e. The first-order valence-electron chi connectivity index (χ1n) is 10.2. The Hall–Kier alpha value is -3.11. The molecule has 0 heterocycles. The van der Waals surface area contributed by atoms with Crippen LogP contribution in [0.25, 0.3) is 11.1 Å². The molecule has 0 aromatic heterocycles.